The van der Waals surface area contributed by atoms with Crippen molar-refractivity contribution in [3.63, 3.8) is 0 Å². The second kappa shape index (κ2) is 9.32. The van der Waals surface area contributed by atoms with Crippen LogP contribution >= 0.6 is 0 Å². The molecule has 0 amide bonds. The van der Waals surface area contributed by atoms with Crippen LogP contribution in [0.2, 0.25) is 0 Å². The maximum Gasteiger partial charge on any atom is 0.0471 e. The molecular formula is C22H37N3O. The highest BCUT2D eigenvalue weighted by Gasteiger charge is 2.31. The molecule has 4 heteroatoms. The summed E-state index contributed by atoms with van der Waals surface area (Å²) in [6.45, 7) is 11.8. The molecule has 1 unspecified atom stereocenters. The Bertz CT molecular complexity index is 569. The molecule has 2 saturated heterocycles. The SMILES string of the molecule is CCC1CN(C)CCN1C1CCN(Cc2ccc(C)cc2CCO)CC1. The third-order valence-electron chi connectivity index (χ3n) is 6.37. The average Bonchev–Trinajstić information content (AvgIpc) is 2.65. The highest BCUT2D eigenvalue weighted by molar-refractivity contribution is 5.31. The third-order valence-corrected chi connectivity index (χ3v) is 6.37. The summed E-state index contributed by atoms with van der Waals surface area (Å²) in [7, 11) is 2.26. The summed E-state index contributed by atoms with van der Waals surface area (Å²) in [5, 5.41) is 9.36. The predicted molar refractivity (Wildman–Crippen MR) is 109 cm³/mol. The van der Waals surface area contributed by atoms with Crippen LogP contribution in [-0.2, 0) is 13.0 Å². The second-order valence-electron chi connectivity index (χ2n) is 8.32. The number of likely N-dealkylation sites (N-methyl/N-ethyl adjacent to an activating group) is 1. The maximum absolute atomic E-state index is 9.36. The van der Waals surface area contributed by atoms with E-state index in [1.54, 1.807) is 0 Å². The van der Waals surface area contributed by atoms with Crippen LogP contribution in [0.4, 0.5) is 0 Å². The summed E-state index contributed by atoms with van der Waals surface area (Å²) in [5.41, 5.74) is 4.01. The molecule has 1 N–H and O–H groups in total. The van der Waals surface area contributed by atoms with Gasteiger partial charge in [0.15, 0.2) is 0 Å². The van der Waals surface area contributed by atoms with E-state index in [4.69, 9.17) is 0 Å². The minimum Gasteiger partial charge on any atom is -0.396 e. The van der Waals surface area contributed by atoms with Gasteiger partial charge in [0.25, 0.3) is 0 Å². The van der Waals surface area contributed by atoms with Gasteiger partial charge in [-0.3, -0.25) is 9.80 Å². The molecule has 4 nitrogen and oxygen atoms in total. The van der Waals surface area contributed by atoms with Gasteiger partial charge < -0.3 is 10.0 Å². The molecular weight excluding hydrogens is 322 g/mol. The summed E-state index contributed by atoms with van der Waals surface area (Å²) in [5.74, 6) is 0. The zero-order chi connectivity index (χ0) is 18.5. The Hall–Kier alpha value is -0.940. The van der Waals surface area contributed by atoms with Crippen molar-refractivity contribution in [1.82, 2.24) is 14.7 Å². The van der Waals surface area contributed by atoms with Gasteiger partial charge in [-0.05, 0) is 63.9 Å². The molecule has 2 aliphatic rings. The lowest BCUT2D eigenvalue weighted by molar-refractivity contribution is 0.0204. The van der Waals surface area contributed by atoms with Gasteiger partial charge in [0.2, 0.25) is 0 Å². The van der Waals surface area contributed by atoms with Crippen molar-refractivity contribution in [2.75, 3.05) is 46.4 Å². The fourth-order valence-corrected chi connectivity index (χ4v) is 4.78. The van der Waals surface area contributed by atoms with Crippen molar-refractivity contribution in [2.45, 2.75) is 58.2 Å². The Morgan fingerprint density at radius 3 is 2.54 bits per heavy atom. The molecule has 146 valence electrons. The Kier molecular flexibility index (Phi) is 7.10. The van der Waals surface area contributed by atoms with Gasteiger partial charge in [-0.1, -0.05) is 30.7 Å². The van der Waals surface area contributed by atoms with Gasteiger partial charge in [0.05, 0.1) is 0 Å². The van der Waals surface area contributed by atoms with E-state index in [-0.39, 0.29) is 6.61 Å². The first kappa shape index (κ1) is 19.8. The van der Waals surface area contributed by atoms with Crippen molar-refractivity contribution in [1.29, 1.82) is 0 Å². The van der Waals surface area contributed by atoms with E-state index >= 15 is 0 Å². The summed E-state index contributed by atoms with van der Waals surface area (Å²) in [6, 6.07) is 8.21. The first-order valence-corrected chi connectivity index (χ1v) is 10.5. The molecule has 1 atom stereocenters. The van der Waals surface area contributed by atoms with Crippen LogP contribution in [0.5, 0.6) is 0 Å². The minimum atomic E-state index is 0.236. The van der Waals surface area contributed by atoms with Crippen LogP contribution in [0.1, 0.15) is 42.9 Å². The lowest BCUT2D eigenvalue weighted by Gasteiger charge is -2.46. The predicted octanol–water partition coefficient (Wildman–Crippen LogP) is 2.52. The van der Waals surface area contributed by atoms with Crippen molar-refractivity contribution >= 4 is 0 Å². The van der Waals surface area contributed by atoms with Gasteiger partial charge in [-0.2, -0.15) is 0 Å². The molecule has 0 spiro atoms. The molecule has 3 rings (SSSR count). The summed E-state index contributed by atoms with van der Waals surface area (Å²) >= 11 is 0. The van der Waals surface area contributed by atoms with Crippen molar-refractivity contribution in [2.24, 2.45) is 0 Å². The van der Waals surface area contributed by atoms with Crippen LogP contribution in [0.3, 0.4) is 0 Å². The highest BCUT2D eigenvalue weighted by Crippen LogP contribution is 2.24. The lowest BCUT2D eigenvalue weighted by Crippen LogP contribution is -2.57. The number of likely N-dealkylation sites (tertiary alicyclic amines) is 1. The Labute approximate surface area is 159 Å². The zero-order valence-corrected chi connectivity index (χ0v) is 17.0. The van der Waals surface area contributed by atoms with E-state index in [1.165, 1.54) is 68.7 Å². The van der Waals surface area contributed by atoms with Crippen molar-refractivity contribution in [3.05, 3.63) is 34.9 Å². The van der Waals surface area contributed by atoms with Gasteiger partial charge in [-0.15, -0.1) is 0 Å². The van der Waals surface area contributed by atoms with E-state index in [0.29, 0.717) is 0 Å². The summed E-state index contributed by atoms with van der Waals surface area (Å²) in [6.07, 6.45) is 4.62. The molecule has 0 aromatic heterocycles. The molecule has 1 aromatic rings. The van der Waals surface area contributed by atoms with Crippen LogP contribution in [0.15, 0.2) is 18.2 Å². The quantitative estimate of drug-likeness (QED) is 0.845. The number of rotatable bonds is 6. The maximum atomic E-state index is 9.36. The number of hydrogen-bond donors (Lipinski definition) is 1. The van der Waals surface area contributed by atoms with Crippen molar-refractivity contribution in [3.8, 4) is 0 Å². The Morgan fingerprint density at radius 2 is 1.85 bits per heavy atom. The molecule has 2 fully saturated rings. The van der Waals surface area contributed by atoms with E-state index in [2.05, 4.69) is 53.8 Å². The number of hydrogen-bond acceptors (Lipinski definition) is 4. The van der Waals surface area contributed by atoms with E-state index in [9.17, 15) is 5.11 Å². The molecule has 0 aliphatic carbocycles. The number of benzene rings is 1. The standard InChI is InChI=1S/C22H37N3O/c1-4-21-17-23(3)12-13-25(21)22-7-10-24(11-8-22)16-20-6-5-18(2)15-19(20)9-14-26/h5-6,15,21-22,26H,4,7-14,16-17H2,1-3H3. The van der Waals surface area contributed by atoms with Crippen LogP contribution in [-0.4, -0.2) is 78.3 Å². The van der Waals surface area contributed by atoms with Gasteiger partial charge >= 0.3 is 0 Å². The number of piperidine rings is 1. The highest BCUT2D eigenvalue weighted by atomic mass is 16.2. The Morgan fingerprint density at radius 1 is 1.08 bits per heavy atom. The summed E-state index contributed by atoms with van der Waals surface area (Å²) in [4.78, 5) is 7.90. The van der Waals surface area contributed by atoms with Gasteiger partial charge in [0, 0.05) is 44.9 Å². The molecule has 0 radical (unpaired) electrons. The number of aliphatic hydroxyl groups is 1. The van der Waals surface area contributed by atoms with Gasteiger partial charge in [-0.25, -0.2) is 0 Å². The fraction of sp³-hybridized carbons (Fsp3) is 0.727. The minimum absolute atomic E-state index is 0.236. The molecule has 2 heterocycles. The van der Waals surface area contributed by atoms with Gasteiger partial charge in [0.1, 0.15) is 0 Å². The average molecular weight is 360 g/mol. The fourth-order valence-electron chi connectivity index (χ4n) is 4.78. The van der Waals surface area contributed by atoms with E-state index < -0.39 is 0 Å². The second-order valence-corrected chi connectivity index (χ2v) is 8.32. The number of aliphatic hydroxyl groups excluding tert-OH is 1. The number of nitrogens with zero attached hydrogens (tertiary/aromatic N) is 3. The topological polar surface area (TPSA) is 30.0 Å². The molecule has 1 aromatic carbocycles. The smallest absolute Gasteiger partial charge is 0.0471 e. The number of piperazine rings is 1. The Balaban J connectivity index is 1.56. The first-order valence-electron chi connectivity index (χ1n) is 10.5. The monoisotopic (exact) mass is 359 g/mol. The molecule has 2 aliphatic heterocycles. The summed E-state index contributed by atoms with van der Waals surface area (Å²) < 4.78 is 0. The van der Waals surface area contributed by atoms with Crippen LogP contribution in [0.25, 0.3) is 0 Å². The molecule has 0 saturated carbocycles. The van der Waals surface area contributed by atoms with Crippen LogP contribution < -0.4 is 0 Å². The lowest BCUT2D eigenvalue weighted by atomic mass is 9.97. The number of aryl methyl sites for hydroxylation is 1. The normalized spacial score (nSPS) is 24.2. The zero-order valence-electron chi connectivity index (χ0n) is 17.0. The van der Waals surface area contributed by atoms with Crippen molar-refractivity contribution < 1.29 is 5.11 Å². The largest absolute Gasteiger partial charge is 0.396 e. The van der Waals surface area contributed by atoms with Crippen LogP contribution in [0, 0.1) is 6.92 Å². The first-order chi connectivity index (χ1) is 12.6. The third kappa shape index (κ3) is 4.86. The van der Waals surface area contributed by atoms with E-state index in [0.717, 1.165) is 25.0 Å². The van der Waals surface area contributed by atoms with E-state index in [1.807, 2.05) is 0 Å². The molecule has 26 heavy (non-hydrogen) atoms. The molecule has 0 bridgehead atoms.